The summed E-state index contributed by atoms with van der Waals surface area (Å²) in [6.45, 7) is 7.38. The number of rotatable bonds is 11. The normalized spacial score (nSPS) is 13.1. The number of halogens is 1. The molecule has 0 spiro atoms. The van der Waals surface area contributed by atoms with Crippen LogP contribution in [0.2, 0.25) is 0 Å². The van der Waals surface area contributed by atoms with E-state index in [9.17, 15) is 18.0 Å². The molecule has 0 aliphatic carbocycles. The number of hydrogen-bond acceptors (Lipinski definition) is 4. The van der Waals surface area contributed by atoms with Crippen LogP contribution in [-0.4, -0.2) is 50.0 Å². The molecule has 2 rings (SSSR count). The maximum absolute atomic E-state index is 13.6. The topological polar surface area (TPSA) is 86.8 Å². The van der Waals surface area contributed by atoms with Crippen molar-refractivity contribution < 1.29 is 18.0 Å². The highest BCUT2D eigenvalue weighted by atomic mass is 79.9. The highest BCUT2D eigenvalue weighted by Crippen LogP contribution is 2.25. The largest absolute Gasteiger partial charge is 0.352 e. The summed E-state index contributed by atoms with van der Waals surface area (Å²) in [6, 6.07) is 13.7. The number of sulfonamides is 1. The van der Waals surface area contributed by atoms with E-state index in [-0.39, 0.29) is 18.5 Å². The molecular formula is C25H34BrN3O4S. The molecule has 0 saturated carbocycles. The number of carbonyl (C=O) groups excluding carboxylic acids is 2. The highest BCUT2D eigenvalue weighted by Gasteiger charge is 2.32. The molecule has 2 aromatic carbocycles. The third kappa shape index (κ3) is 7.56. The number of nitrogens with one attached hydrogen (secondary N) is 1. The van der Waals surface area contributed by atoms with Gasteiger partial charge in [-0.2, -0.15) is 0 Å². The van der Waals surface area contributed by atoms with E-state index in [1.807, 2.05) is 58.0 Å². The number of carbonyl (C=O) groups is 2. The Morgan fingerprint density at radius 3 is 2.24 bits per heavy atom. The van der Waals surface area contributed by atoms with Crippen LogP contribution < -0.4 is 9.62 Å². The minimum absolute atomic E-state index is 0.0338. The molecule has 2 amide bonds. The molecule has 0 fully saturated rings. The van der Waals surface area contributed by atoms with E-state index >= 15 is 0 Å². The van der Waals surface area contributed by atoms with Gasteiger partial charge in [-0.3, -0.25) is 13.9 Å². The van der Waals surface area contributed by atoms with E-state index in [4.69, 9.17) is 0 Å². The summed E-state index contributed by atoms with van der Waals surface area (Å²) in [4.78, 5) is 28.2. The van der Waals surface area contributed by atoms with Crippen LogP contribution in [0.3, 0.4) is 0 Å². The average molecular weight is 553 g/mol. The van der Waals surface area contributed by atoms with Crippen LogP contribution in [0.15, 0.2) is 53.0 Å². The van der Waals surface area contributed by atoms with Gasteiger partial charge in [-0.05, 0) is 56.0 Å². The summed E-state index contributed by atoms with van der Waals surface area (Å²) in [5.41, 5.74) is 2.10. The third-order valence-corrected chi connectivity index (χ3v) is 7.72. The van der Waals surface area contributed by atoms with Crippen molar-refractivity contribution >= 4 is 43.5 Å². The number of aryl methyl sites for hydroxylation is 1. The first-order valence-electron chi connectivity index (χ1n) is 11.4. The van der Waals surface area contributed by atoms with Gasteiger partial charge in [-0.1, -0.05) is 60.1 Å². The lowest BCUT2D eigenvalue weighted by Gasteiger charge is -2.33. The van der Waals surface area contributed by atoms with Gasteiger partial charge in [0.15, 0.2) is 0 Å². The Bertz CT molecular complexity index is 1090. The van der Waals surface area contributed by atoms with Crippen molar-refractivity contribution in [3.05, 3.63) is 64.1 Å². The van der Waals surface area contributed by atoms with Crippen molar-refractivity contribution in [3.63, 3.8) is 0 Å². The van der Waals surface area contributed by atoms with Crippen molar-refractivity contribution in [1.82, 2.24) is 10.2 Å². The summed E-state index contributed by atoms with van der Waals surface area (Å²) < 4.78 is 27.3. The van der Waals surface area contributed by atoms with E-state index in [0.29, 0.717) is 12.1 Å². The summed E-state index contributed by atoms with van der Waals surface area (Å²) >= 11 is 3.42. The minimum Gasteiger partial charge on any atom is -0.352 e. The average Bonchev–Trinajstić information content (AvgIpc) is 2.78. The van der Waals surface area contributed by atoms with Crippen LogP contribution in [0, 0.1) is 6.92 Å². The predicted octanol–water partition coefficient (Wildman–Crippen LogP) is 4.25. The summed E-state index contributed by atoms with van der Waals surface area (Å²) in [5, 5.41) is 2.96. The van der Waals surface area contributed by atoms with Gasteiger partial charge in [0.25, 0.3) is 0 Å². The van der Waals surface area contributed by atoms with Crippen molar-refractivity contribution in [3.8, 4) is 0 Å². The first kappa shape index (κ1) is 27.9. The standard InChI is InChI=1S/C25H34BrN3O4S/c1-6-19(4)27-25(31)23(7-2)28(16-20-11-9-8-10-12-20)24(30)17-29(34(5,32)33)21-13-14-22(26)18(3)15-21/h8-15,19,23H,6-7,16-17H2,1-5H3,(H,27,31). The van der Waals surface area contributed by atoms with Gasteiger partial charge in [0, 0.05) is 17.1 Å². The fraction of sp³-hybridized carbons (Fsp3) is 0.440. The molecule has 0 heterocycles. The third-order valence-electron chi connectivity index (χ3n) is 5.69. The molecule has 0 aliphatic heterocycles. The maximum atomic E-state index is 13.6. The Morgan fingerprint density at radius 1 is 1.06 bits per heavy atom. The Balaban J connectivity index is 2.43. The van der Waals surface area contributed by atoms with Gasteiger partial charge in [0.05, 0.1) is 11.9 Å². The van der Waals surface area contributed by atoms with Crippen LogP contribution >= 0.6 is 15.9 Å². The molecule has 2 atom stereocenters. The molecular weight excluding hydrogens is 518 g/mol. The molecule has 9 heteroatoms. The number of amides is 2. The number of hydrogen-bond donors (Lipinski definition) is 1. The van der Waals surface area contributed by atoms with Crippen LogP contribution in [0.5, 0.6) is 0 Å². The first-order valence-corrected chi connectivity index (χ1v) is 14.0. The molecule has 0 aliphatic rings. The van der Waals surface area contributed by atoms with Gasteiger partial charge in [0.1, 0.15) is 12.6 Å². The lowest BCUT2D eigenvalue weighted by atomic mass is 10.1. The van der Waals surface area contributed by atoms with Gasteiger partial charge in [0.2, 0.25) is 21.8 Å². The van der Waals surface area contributed by atoms with Crippen molar-refractivity contribution in [2.24, 2.45) is 0 Å². The van der Waals surface area contributed by atoms with Gasteiger partial charge < -0.3 is 10.2 Å². The lowest BCUT2D eigenvalue weighted by molar-refractivity contribution is -0.140. The van der Waals surface area contributed by atoms with Crippen LogP contribution in [0.1, 0.15) is 44.7 Å². The number of benzene rings is 2. The second-order valence-electron chi connectivity index (χ2n) is 8.45. The molecule has 0 saturated heterocycles. The fourth-order valence-electron chi connectivity index (χ4n) is 3.54. The predicted molar refractivity (Wildman–Crippen MR) is 140 cm³/mol. The number of nitrogens with zero attached hydrogens (tertiary/aromatic N) is 2. The van der Waals surface area contributed by atoms with E-state index in [2.05, 4.69) is 21.2 Å². The number of anilines is 1. The zero-order valence-electron chi connectivity index (χ0n) is 20.4. The highest BCUT2D eigenvalue weighted by molar-refractivity contribution is 9.10. The zero-order valence-corrected chi connectivity index (χ0v) is 22.8. The Kier molecular flexibility index (Phi) is 10.1. The quantitative estimate of drug-likeness (QED) is 0.452. The van der Waals surface area contributed by atoms with E-state index in [1.165, 1.54) is 4.90 Å². The summed E-state index contributed by atoms with van der Waals surface area (Å²) in [7, 11) is -3.75. The Hall–Kier alpha value is -2.39. The van der Waals surface area contributed by atoms with Crippen molar-refractivity contribution in [2.75, 3.05) is 17.1 Å². The van der Waals surface area contributed by atoms with Gasteiger partial charge >= 0.3 is 0 Å². The molecule has 186 valence electrons. The SMILES string of the molecule is CCC(C)NC(=O)C(CC)N(Cc1ccccc1)C(=O)CN(c1ccc(Br)c(C)c1)S(C)(=O)=O. The summed E-state index contributed by atoms with van der Waals surface area (Å²) in [6.07, 6.45) is 2.24. The zero-order chi connectivity index (χ0) is 25.5. The Morgan fingerprint density at radius 2 is 1.71 bits per heavy atom. The molecule has 0 bridgehead atoms. The summed E-state index contributed by atoms with van der Waals surface area (Å²) in [5.74, 6) is -0.687. The molecule has 2 aromatic rings. The molecule has 7 nitrogen and oxygen atoms in total. The second-order valence-corrected chi connectivity index (χ2v) is 11.2. The van der Waals surface area contributed by atoms with Crippen LogP contribution in [0.4, 0.5) is 5.69 Å². The van der Waals surface area contributed by atoms with E-state index in [1.54, 1.807) is 18.2 Å². The molecule has 0 radical (unpaired) electrons. The molecule has 34 heavy (non-hydrogen) atoms. The van der Waals surface area contributed by atoms with Crippen molar-refractivity contribution in [1.29, 1.82) is 0 Å². The van der Waals surface area contributed by atoms with Crippen LogP contribution in [-0.2, 0) is 26.2 Å². The molecule has 2 unspecified atom stereocenters. The van der Waals surface area contributed by atoms with E-state index in [0.717, 1.165) is 32.6 Å². The van der Waals surface area contributed by atoms with Gasteiger partial charge in [-0.25, -0.2) is 8.42 Å². The molecule has 0 aromatic heterocycles. The monoisotopic (exact) mass is 551 g/mol. The second kappa shape index (κ2) is 12.4. The molecule has 1 N–H and O–H groups in total. The first-order chi connectivity index (χ1) is 16.0. The Labute approximate surface area is 211 Å². The smallest absolute Gasteiger partial charge is 0.244 e. The lowest BCUT2D eigenvalue weighted by Crippen LogP contribution is -2.53. The van der Waals surface area contributed by atoms with Gasteiger partial charge in [-0.15, -0.1) is 0 Å². The minimum atomic E-state index is -3.75. The maximum Gasteiger partial charge on any atom is 0.244 e. The van der Waals surface area contributed by atoms with Crippen molar-refractivity contribution in [2.45, 2.75) is 59.2 Å². The van der Waals surface area contributed by atoms with E-state index < -0.39 is 28.5 Å². The fourth-order valence-corrected chi connectivity index (χ4v) is 4.63. The van der Waals surface area contributed by atoms with Crippen LogP contribution in [0.25, 0.3) is 0 Å².